The van der Waals surface area contributed by atoms with E-state index in [1.54, 1.807) is 0 Å². The van der Waals surface area contributed by atoms with E-state index in [4.69, 9.17) is 4.74 Å². The molecule has 3 rings (SSSR count). The van der Waals surface area contributed by atoms with Gasteiger partial charge in [-0.2, -0.15) is 0 Å². The zero-order valence-electron chi connectivity index (χ0n) is 15.0. The van der Waals surface area contributed by atoms with Gasteiger partial charge in [-0.3, -0.25) is 4.79 Å². The van der Waals surface area contributed by atoms with Gasteiger partial charge in [0.1, 0.15) is 5.82 Å². The molecular formula is C22H26FNO2. The fourth-order valence-electron chi connectivity index (χ4n) is 3.59. The van der Waals surface area contributed by atoms with E-state index in [0.29, 0.717) is 26.2 Å². The van der Waals surface area contributed by atoms with Crippen LogP contribution in [0.3, 0.4) is 0 Å². The van der Waals surface area contributed by atoms with E-state index in [9.17, 15) is 9.18 Å². The molecule has 1 N–H and O–H groups in total. The molecule has 0 saturated carbocycles. The molecule has 0 aliphatic carbocycles. The van der Waals surface area contributed by atoms with Crippen molar-refractivity contribution in [3.05, 3.63) is 71.5 Å². The average Bonchev–Trinajstić information content (AvgIpc) is 2.68. The number of ether oxygens (including phenoxy) is 1. The Labute approximate surface area is 154 Å². The Kier molecular flexibility index (Phi) is 6.40. The highest BCUT2D eigenvalue weighted by Gasteiger charge is 2.34. The number of amides is 1. The second-order valence-electron chi connectivity index (χ2n) is 7.02. The number of benzene rings is 2. The highest BCUT2D eigenvalue weighted by molar-refractivity contribution is 5.76. The van der Waals surface area contributed by atoms with Crippen LogP contribution in [0.2, 0.25) is 0 Å². The molecule has 138 valence electrons. The largest absolute Gasteiger partial charge is 0.381 e. The number of aryl methyl sites for hydroxylation is 1. The summed E-state index contributed by atoms with van der Waals surface area (Å²) in [5.41, 5.74) is 2.17. The SMILES string of the molecule is O=C(CCCc1ccccc1)NCC1(c2ccc(F)cc2)CCOCC1. The van der Waals surface area contributed by atoms with E-state index in [0.717, 1.165) is 31.2 Å². The van der Waals surface area contributed by atoms with Gasteiger partial charge >= 0.3 is 0 Å². The van der Waals surface area contributed by atoms with Crippen LogP contribution in [0.15, 0.2) is 54.6 Å². The topological polar surface area (TPSA) is 38.3 Å². The number of hydrogen-bond acceptors (Lipinski definition) is 2. The summed E-state index contributed by atoms with van der Waals surface area (Å²) in [6.07, 6.45) is 3.93. The molecule has 2 aromatic carbocycles. The lowest BCUT2D eigenvalue weighted by molar-refractivity contribution is -0.121. The Morgan fingerprint density at radius 1 is 1.04 bits per heavy atom. The zero-order valence-corrected chi connectivity index (χ0v) is 15.0. The molecule has 0 radical (unpaired) electrons. The van der Waals surface area contributed by atoms with Gasteiger partial charge in [-0.25, -0.2) is 4.39 Å². The predicted octanol–water partition coefficient (Wildman–Crippen LogP) is 4.01. The van der Waals surface area contributed by atoms with Gasteiger partial charge in [-0.1, -0.05) is 42.5 Å². The molecule has 0 aromatic heterocycles. The maximum atomic E-state index is 13.3. The van der Waals surface area contributed by atoms with Crippen LogP contribution in [0, 0.1) is 5.82 Å². The van der Waals surface area contributed by atoms with E-state index in [-0.39, 0.29) is 17.1 Å². The third-order valence-corrected chi connectivity index (χ3v) is 5.24. The predicted molar refractivity (Wildman–Crippen MR) is 101 cm³/mol. The highest BCUT2D eigenvalue weighted by atomic mass is 19.1. The molecule has 1 amide bonds. The third kappa shape index (κ3) is 4.92. The Hall–Kier alpha value is -2.20. The van der Waals surface area contributed by atoms with Crippen molar-refractivity contribution in [2.75, 3.05) is 19.8 Å². The van der Waals surface area contributed by atoms with Gasteiger partial charge in [0.2, 0.25) is 5.91 Å². The van der Waals surface area contributed by atoms with Crippen molar-refractivity contribution in [3.8, 4) is 0 Å². The van der Waals surface area contributed by atoms with Gasteiger partial charge < -0.3 is 10.1 Å². The molecular weight excluding hydrogens is 329 g/mol. The van der Waals surface area contributed by atoms with Crippen molar-refractivity contribution < 1.29 is 13.9 Å². The van der Waals surface area contributed by atoms with Gasteiger partial charge in [0.05, 0.1) is 0 Å². The molecule has 0 bridgehead atoms. The summed E-state index contributed by atoms with van der Waals surface area (Å²) in [6, 6.07) is 16.9. The lowest BCUT2D eigenvalue weighted by Gasteiger charge is -2.38. The molecule has 0 unspecified atom stereocenters. The van der Waals surface area contributed by atoms with Crippen LogP contribution in [0.5, 0.6) is 0 Å². The standard InChI is InChI=1S/C22H26FNO2/c23-20-11-9-19(10-12-20)22(13-15-26-16-14-22)17-24-21(25)8-4-7-18-5-2-1-3-6-18/h1-3,5-6,9-12H,4,7-8,13-17H2,(H,24,25). The van der Waals surface area contributed by atoms with Crippen LogP contribution in [0.4, 0.5) is 4.39 Å². The highest BCUT2D eigenvalue weighted by Crippen LogP contribution is 2.34. The molecule has 1 aliphatic heterocycles. The van der Waals surface area contributed by atoms with Gasteiger partial charge in [0.25, 0.3) is 0 Å². The van der Waals surface area contributed by atoms with Crippen molar-refractivity contribution in [2.45, 2.75) is 37.5 Å². The maximum absolute atomic E-state index is 13.3. The second kappa shape index (κ2) is 8.95. The Morgan fingerprint density at radius 2 is 1.73 bits per heavy atom. The number of halogens is 1. The number of rotatable bonds is 7. The van der Waals surface area contributed by atoms with Crippen LogP contribution in [0.1, 0.15) is 36.8 Å². The van der Waals surface area contributed by atoms with Crippen molar-refractivity contribution >= 4 is 5.91 Å². The average molecular weight is 355 g/mol. The van der Waals surface area contributed by atoms with Crippen LogP contribution >= 0.6 is 0 Å². The molecule has 4 heteroatoms. The van der Waals surface area contributed by atoms with Crippen molar-refractivity contribution in [2.24, 2.45) is 0 Å². The second-order valence-corrected chi connectivity index (χ2v) is 7.02. The summed E-state index contributed by atoms with van der Waals surface area (Å²) in [7, 11) is 0. The minimum absolute atomic E-state index is 0.0777. The third-order valence-electron chi connectivity index (χ3n) is 5.24. The molecule has 26 heavy (non-hydrogen) atoms. The van der Waals surface area contributed by atoms with E-state index >= 15 is 0 Å². The molecule has 1 heterocycles. The first-order chi connectivity index (χ1) is 12.7. The smallest absolute Gasteiger partial charge is 0.220 e. The van der Waals surface area contributed by atoms with Crippen LogP contribution in [-0.2, 0) is 21.4 Å². The van der Waals surface area contributed by atoms with Gasteiger partial charge in [0, 0.05) is 31.6 Å². The maximum Gasteiger partial charge on any atom is 0.220 e. The van der Waals surface area contributed by atoms with Gasteiger partial charge in [-0.15, -0.1) is 0 Å². The first kappa shape index (κ1) is 18.6. The summed E-state index contributed by atoms with van der Waals surface area (Å²) in [5.74, 6) is -0.158. The van der Waals surface area contributed by atoms with Crippen molar-refractivity contribution in [3.63, 3.8) is 0 Å². The molecule has 1 saturated heterocycles. The number of nitrogens with one attached hydrogen (secondary N) is 1. The van der Waals surface area contributed by atoms with Crippen LogP contribution in [0.25, 0.3) is 0 Å². The van der Waals surface area contributed by atoms with Gasteiger partial charge in [-0.05, 0) is 48.9 Å². The normalized spacial score (nSPS) is 16.2. The molecule has 1 aliphatic rings. The zero-order chi connectivity index (χ0) is 18.2. The van der Waals surface area contributed by atoms with E-state index in [2.05, 4.69) is 17.4 Å². The monoisotopic (exact) mass is 355 g/mol. The number of hydrogen-bond donors (Lipinski definition) is 1. The molecule has 1 fully saturated rings. The molecule has 3 nitrogen and oxygen atoms in total. The Bertz CT molecular complexity index is 694. The molecule has 2 aromatic rings. The van der Waals surface area contributed by atoms with E-state index in [1.807, 2.05) is 30.3 Å². The first-order valence-corrected chi connectivity index (χ1v) is 9.32. The van der Waals surface area contributed by atoms with Crippen LogP contribution < -0.4 is 5.32 Å². The summed E-state index contributed by atoms with van der Waals surface area (Å²) in [5, 5.41) is 3.10. The number of carbonyl (C=O) groups is 1. The fourth-order valence-corrected chi connectivity index (χ4v) is 3.59. The first-order valence-electron chi connectivity index (χ1n) is 9.32. The molecule has 0 spiro atoms. The van der Waals surface area contributed by atoms with Crippen LogP contribution in [-0.4, -0.2) is 25.7 Å². The quantitative estimate of drug-likeness (QED) is 0.815. The lowest BCUT2D eigenvalue weighted by atomic mass is 9.74. The van der Waals surface area contributed by atoms with E-state index < -0.39 is 0 Å². The Morgan fingerprint density at radius 3 is 2.42 bits per heavy atom. The van der Waals surface area contributed by atoms with E-state index in [1.165, 1.54) is 17.7 Å². The van der Waals surface area contributed by atoms with Crippen molar-refractivity contribution in [1.82, 2.24) is 5.32 Å². The summed E-state index contributed by atoms with van der Waals surface area (Å²) in [6.45, 7) is 1.91. The lowest BCUT2D eigenvalue weighted by Crippen LogP contribution is -2.44. The summed E-state index contributed by atoms with van der Waals surface area (Å²) >= 11 is 0. The summed E-state index contributed by atoms with van der Waals surface area (Å²) in [4.78, 5) is 12.3. The Balaban J connectivity index is 1.54. The fraction of sp³-hybridized carbons (Fsp3) is 0.409. The molecule has 0 atom stereocenters. The van der Waals surface area contributed by atoms with Gasteiger partial charge in [0.15, 0.2) is 0 Å². The van der Waals surface area contributed by atoms with Crippen molar-refractivity contribution in [1.29, 1.82) is 0 Å². The minimum atomic E-state index is -0.235. The minimum Gasteiger partial charge on any atom is -0.381 e. The summed E-state index contributed by atoms with van der Waals surface area (Å²) < 4.78 is 18.8. The number of carbonyl (C=O) groups excluding carboxylic acids is 1.